The van der Waals surface area contributed by atoms with E-state index in [0.717, 1.165) is 12.8 Å². The molecule has 0 aliphatic heterocycles. The van der Waals surface area contributed by atoms with E-state index in [9.17, 15) is 14.4 Å². The summed E-state index contributed by atoms with van der Waals surface area (Å²) in [6.07, 6.45) is 20.5. The summed E-state index contributed by atoms with van der Waals surface area (Å²) in [5.41, 5.74) is 2.39. The number of hydrogen-bond acceptors (Lipinski definition) is 6. The van der Waals surface area contributed by atoms with Crippen molar-refractivity contribution in [3.8, 4) is 0 Å². The second-order valence-corrected chi connectivity index (χ2v) is 8.72. The molecule has 33 heavy (non-hydrogen) atoms. The zero-order chi connectivity index (χ0) is 24.4. The van der Waals surface area contributed by atoms with E-state index in [4.69, 9.17) is 4.74 Å². The molecule has 1 amide bonds. The predicted octanol–water partition coefficient (Wildman–Crippen LogP) is 5.41. The van der Waals surface area contributed by atoms with Gasteiger partial charge >= 0.3 is 5.97 Å². The Labute approximate surface area is 202 Å². The zero-order valence-electron chi connectivity index (χ0n) is 21.4. The number of ketones is 1. The van der Waals surface area contributed by atoms with Gasteiger partial charge in [-0.25, -0.2) is 4.79 Å². The highest BCUT2D eigenvalue weighted by Gasteiger charge is 2.12. The molecule has 194 valence electrons. The van der Waals surface area contributed by atoms with Gasteiger partial charge < -0.3 is 14.9 Å². The van der Waals surface area contributed by atoms with Gasteiger partial charge in [-0.3, -0.25) is 9.59 Å². The topological polar surface area (TPSA) is 93.7 Å². The molecule has 0 fully saturated rings. The Morgan fingerprint density at radius 1 is 0.636 bits per heavy atom. The number of amides is 1. The van der Waals surface area contributed by atoms with Gasteiger partial charge in [0, 0.05) is 19.4 Å². The number of nitrogens with one attached hydrogen (secondary N) is 2. The Bertz CT molecular complexity index is 485. The molecule has 0 aromatic carbocycles. The normalized spacial score (nSPS) is 10.8. The molecule has 0 spiro atoms. The molecule has 0 bridgehead atoms. The lowest BCUT2D eigenvalue weighted by Crippen LogP contribution is -2.30. The first-order chi connectivity index (χ1) is 16.1. The van der Waals surface area contributed by atoms with Crippen LogP contribution in [0.1, 0.15) is 123 Å². The highest BCUT2D eigenvalue weighted by Crippen LogP contribution is 2.13. The summed E-state index contributed by atoms with van der Waals surface area (Å²) in [5.74, 6) is -1.39. The van der Waals surface area contributed by atoms with Gasteiger partial charge in [-0.05, 0) is 6.42 Å². The summed E-state index contributed by atoms with van der Waals surface area (Å²) in [6, 6.07) is 0. The maximum absolute atomic E-state index is 11.8. The molecule has 0 unspecified atom stereocenters. The highest BCUT2D eigenvalue weighted by molar-refractivity contribution is 6.33. The summed E-state index contributed by atoms with van der Waals surface area (Å²) >= 11 is 0. The number of Topliss-reactive ketones (excluding diaryl/α,β-unsaturated/α-hetero) is 1. The van der Waals surface area contributed by atoms with Crippen LogP contribution in [0.5, 0.6) is 0 Å². The number of unbranched alkanes of at least 4 members (excludes halogenated alkanes) is 14. The van der Waals surface area contributed by atoms with Crippen molar-refractivity contribution in [2.45, 2.75) is 123 Å². The monoisotopic (exact) mass is 470 g/mol. The van der Waals surface area contributed by atoms with Gasteiger partial charge in [0.2, 0.25) is 11.7 Å². The molecule has 0 aliphatic carbocycles. The molecule has 0 saturated heterocycles. The molecule has 7 heteroatoms. The minimum Gasteiger partial charge on any atom is -0.378 e. The summed E-state index contributed by atoms with van der Waals surface area (Å²) in [6.45, 7) is 5.34. The minimum absolute atomic E-state index is 0.0680. The number of carbonyl (C=O) groups is 3. The summed E-state index contributed by atoms with van der Waals surface area (Å²) in [4.78, 5) is 38.5. The fourth-order valence-corrected chi connectivity index (χ4v) is 3.54. The quantitative estimate of drug-likeness (QED) is 0.105. The van der Waals surface area contributed by atoms with Gasteiger partial charge in [-0.1, -0.05) is 104 Å². The molecule has 0 atom stereocenters. The number of ether oxygens (including phenoxy) is 1. The fourth-order valence-electron chi connectivity index (χ4n) is 3.54. The van der Waals surface area contributed by atoms with Crippen LogP contribution in [0.25, 0.3) is 0 Å². The van der Waals surface area contributed by atoms with Crippen LogP contribution < -0.4 is 10.8 Å². The van der Waals surface area contributed by atoms with E-state index in [1.54, 1.807) is 6.92 Å². The Balaban J connectivity index is 3.23. The van der Waals surface area contributed by atoms with Crippen molar-refractivity contribution in [3.63, 3.8) is 0 Å². The van der Waals surface area contributed by atoms with Gasteiger partial charge in [0.15, 0.2) is 0 Å². The Morgan fingerprint density at radius 3 is 1.64 bits per heavy atom. The Hall–Kier alpha value is -1.47. The third kappa shape index (κ3) is 23.5. The molecule has 0 aliphatic rings. The summed E-state index contributed by atoms with van der Waals surface area (Å²) in [5, 5.41) is 2.85. The van der Waals surface area contributed by atoms with E-state index in [-0.39, 0.29) is 18.9 Å². The van der Waals surface area contributed by atoms with Crippen molar-refractivity contribution >= 4 is 17.7 Å². The third-order valence-corrected chi connectivity index (χ3v) is 5.64. The maximum atomic E-state index is 11.8. The maximum Gasteiger partial charge on any atom is 0.393 e. The average Bonchev–Trinajstić information content (AvgIpc) is 2.82. The number of hydrogen-bond donors (Lipinski definition) is 2. The molecular weight excluding hydrogens is 420 g/mol. The summed E-state index contributed by atoms with van der Waals surface area (Å²) < 4.78 is 5.33. The molecule has 0 rings (SSSR count). The first-order valence-corrected chi connectivity index (χ1v) is 13.4. The van der Waals surface area contributed by atoms with Gasteiger partial charge in [0.05, 0.1) is 19.8 Å². The lowest BCUT2D eigenvalue weighted by atomic mass is 10.0. The van der Waals surface area contributed by atoms with E-state index in [1.165, 1.54) is 83.5 Å². The first kappa shape index (κ1) is 31.5. The Morgan fingerprint density at radius 2 is 1.12 bits per heavy atom. The summed E-state index contributed by atoms with van der Waals surface area (Å²) in [7, 11) is 0. The van der Waals surface area contributed by atoms with Crippen LogP contribution in [0.4, 0.5) is 0 Å². The average molecular weight is 471 g/mol. The highest BCUT2D eigenvalue weighted by atomic mass is 16.7. The minimum atomic E-state index is -0.886. The van der Waals surface area contributed by atoms with Crippen LogP contribution in [0, 0.1) is 0 Å². The second-order valence-electron chi connectivity index (χ2n) is 8.72. The van der Waals surface area contributed by atoms with E-state index in [1.807, 2.05) is 0 Å². The van der Waals surface area contributed by atoms with Crippen LogP contribution in [0.2, 0.25) is 0 Å². The predicted molar refractivity (Wildman–Crippen MR) is 133 cm³/mol. The SMILES string of the molecule is CCCCCCCCCCCCCCCCCC(=O)NCCOCCNOC(=O)C(=O)CC. The molecule has 2 N–H and O–H groups in total. The second kappa shape index (κ2) is 25.2. The van der Waals surface area contributed by atoms with Crippen molar-refractivity contribution in [1.82, 2.24) is 10.8 Å². The molecule has 0 heterocycles. The number of rotatable bonds is 25. The van der Waals surface area contributed by atoms with Crippen molar-refractivity contribution < 1.29 is 24.0 Å². The zero-order valence-corrected chi connectivity index (χ0v) is 21.4. The number of hydroxylamine groups is 1. The van der Waals surface area contributed by atoms with Gasteiger partial charge in [-0.2, -0.15) is 5.48 Å². The third-order valence-electron chi connectivity index (χ3n) is 5.64. The van der Waals surface area contributed by atoms with E-state index < -0.39 is 11.8 Å². The lowest BCUT2D eigenvalue weighted by molar-refractivity contribution is -0.159. The van der Waals surface area contributed by atoms with Gasteiger partial charge in [0.25, 0.3) is 0 Å². The standard InChI is InChI=1S/C26H50N2O5/c1-3-5-6-7-8-9-10-11-12-13-14-15-16-17-18-19-25(30)27-20-22-32-23-21-28-33-26(31)24(29)4-2/h28H,3-23H2,1-2H3,(H,27,30). The lowest BCUT2D eigenvalue weighted by Gasteiger charge is -2.07. The van der Waals surface area contributed by atoms with Crippen LogP contribution in [-0.2, 0) is 24.0 Å². The molecule has 0 radical (unpaired) electrons. The van der Waals surface area contributed by atoms with Crippen LogP contribution in [-0.4, -0.2) is 44.0 Å². The van der Waals surface area contributed by atoms with Crippen molar-refractivity contribution in [1.29, 1.82) is 0 Å². The molecule has 0 aromatic rings. The van der Waals surface area contributed by atoms with Crippen LogP contribution in [0.3, 0.4) is 0 Å². The van der Waals surface area contributed by atoms with Crippen LogP contribution >= 0.6 is 0 Å². The molecule has 7 nitrogen and oxygen atoms in total. The van der Waals surface area contributed by atoms with Crippen molar-refractivity contribution in [3.05, 3.63) is 0 Å². The van der Waals surface area contributed by atoms with E-state index in [0.29, 0.717) is 26.2 Å². The van der Waals surface area contributed by atoms with Gasteiger partial charge in [0.1, 0.15) is 0 Å². The molecular formula is C26H50N2O5. The smallest absolute Gasteiger partial charge is 0.378 e. The molecule has 0 aromatic heterocycles. The van der Waals surface area contributed by atoms with Crippen LogP contribution in [0.15, 0.2) is 0 Å². The number of carbonyl (C=O) groups excluding carboxylic acids is 3. The van der Waals surface area contributed by atoms with E-state index >= 15 is 0 Å². The van der Waals surface area contributed by atoms with Crippen molar-refractivity contribution in [2.24, 2.45) is 0 Å². The first-order valence-electron chi connectivity index (χ1n) is 13.4. The molecule has 0 saturated carbocycles. The largest absolute Gasteiger partial charge is 0.393 e. The van der Waals surface area contributed by atoms with E-state index in [2.05, 4.69) is 22.6 Å². The Kier molecular flexibility index (Phi) is 24.0. The fraction of sp³-hybridized carbons (Fsp3) is 0.885. The van der Waals surface area contributed by atoms with Gasteiger partial charge in [-0.15, -0.1) is 0 Å². The van der Waals surface area contributed by atoms with Crippen molar-refractivity contribution in [2.75, 3.05) is 26.3 Å².